The Labute approximate surface area is 87.2 Å². The summed E-state index contributed by atoms with van der Waals surface area (Å²) in [6, 6.07) is 6.23. The highest BCUT2D eigenvalue weighted by atomic mass is 35.5. The number of benzene rings is 1. The van der Waals surface area contributed by atoms with Crippen molar-refractivity contribution < 1.29 is 4.79 Å². The van der Waals surface area contributed by atoms with Crippen molar-refractivity contribution in [1.82, 2.24) is 0 Å². The molecular formula is C9H12ClN3O. The predicted octanol–water partition coefficient (Wildman–Crippen LogP) is 0.565. The summed E-state index contributed by atoms with van der Waals surface area (Å²) in [5.41, 5.74) is 11.2. The molecule has 0 aliphatic rings. The number of hydrogen-bond acceptors (Lipinski definition) is 3. The van der Waals surface area contributed by atoms with Crippen LogP contribution in [0.4, 0.5) is 5.69 Å². The van der Waals surface area contributed by atoms with Crippen molar-refractivity contribution in [2.45, 2.75) is 6.04 Å². The highest BCUT2D eigenvalue weighted by Gasteiger charge is 2.12. The molecule has 14 heavy (non-hydrogen) atoms. The number of anilines is 1. The summed E-state index contributed by atoms with van der Waals surface area (Å²) in [5.74, 6) is -0.333. The second-order valence-corrected chi connectivity index (χ2v) is 3.22. The maximum absolute atomic E-state index is 11.3. The standard InChI is InChI=1S/C9H12ClN3O/c10-6-3-1-2-4-8(6)13-9(14)7(12)5-11/h1-4,7H,5,11-12H2,(H,13,14). The van der Waals surface area contributed by atoms with Gasteiger partial charge in [-0.1, -0.05) is 23.7 Å². The normalized spacial score (nSPS) is 12.2. The molecule has 1 amide bonds. The first kappa shape index (κ1) is 11.0. The maximum Gasteiger partial charge on any atom is 0.242 e. The van der Waals surface area contributed by atoms with E-state index in [9.17, 15) is 4.79 Å². The molecule has 4 nitrogen and oxygen atoms in total. The second-order valence-electron chi connectivity index (χ2n) is 2.81. The Morgan fingerprint density at radius 3 is 2.71 bits per heavy atom. The lowest BCUT2D eigenvalue weighted by Crippen LogP contribution is -2.41. The molecular weight excluding hydrogens is 202 g/mol. The van der Waals surface area contributed by atoms with Crippen molar-refractivity contribution >= 4 is 23.2 Å². The minimum atomic E-state index is -0.703. The van der Waals surface area contributed by atoms with Crippen molar-refractivity contribution in [3.05, 3.63) is 29.3 Å². The van der Waals surface area contributed by atoms with Crippen molar-refractivity contribution in [2.75, 3.05) is 11.9 Å². The molecule has 1 aromatic rings. The maximum atomic E-state index is 11.3. The fraction of sp³-hybridized carbons (Fsp3) is 0.222. The zero-order valence-electron chi connectivity index (χ0n) is 7.53. The SMILES string of the molecule is NCC(N)C(=O)Nc1ccccc1Cl. The number of rotatable bonds is 3. The summed E-state index contributed by atoms with van der Waals surface area (Å²) in [5, 5.41) is 3.06. The number of halogens is 1. The van der Waals surface area contributed by atoms with Crippen LogP contribution in [0.25, 0.3) is 0 Å². The molecule has 0 heterocycles. The Hall–Kier alpha value is -1.10. The molecule has 1 aromatic carbocycles. The van der Waals surface area contributed by atoms with Crippen LogP contribution >= 0.6 is 11.6 Å². The van der Waals surface area contributed by atoms with E-state index in [1.54, 1.807) is 24.3 Å². The molecule has 0 bridgehead atoms. The molecule has 1 rings (SSSR count). The van der Waals surface area contributed by atoms with Gasteiger partial charge in [-0.3, -0.25) is 4.79 Å². The quantitative estimate of drug-likeness (QED) is 0.687. The van der Waals surface area contributed by atoms with E-state index in [1.807, 2.05) is 0 Å². The molecule has 0 spiro atoms. The van der Waals surface area contributed by atoms with E-state index < -0.39 is 6.04 Å². The van der Waals surface area contributed by atoms with Crippen molar-refractivity contribution in [3.63, 3.8) is 0 Å². The van der Waals surface area contributed by atoms with Gasteiger partial charge in [-0.05, 0) is 12.1 Å². The first-order valence-corrected chi connectivity index (χ1v) is 4.54. The molecule has 0 saturated carbocycles. The van der Waals surface area contributed by atoms with Gasteiger partial charge in [0.1, 0.15) is 0 Å². The minimum Gasteiger partial charge on any atom is -0.328 e. The molecule has 0 fully saturated rings. The summed E-state index contributed by atoms with van der Waals surface area (Å²) < 4.78 is 0. The summed E-state index contributed by atoms with van der Waals surface area (Å²) >= 11 is 5.83. The van der Waals surface area contributed by atoms with Gasteiger partial charge < -0.3 is 16.8 Å². The van der Waals surface area contributed by atoms with E-state index in [0.29, 0.717) is 10.7 Å². The second kappa shape index (κ2) is 4.95. The van der Waals surface area contributed by atoms with Gasteiger partial charge in [-0.25, -0.2) is 0 Å². The van der Waals surface area contributed by atoms with Gasteiger partial charge in [0, 0.05) is 6.54 Å². The van der Waals surface area contributed by atoms with Crippen LogP contribution in [0.5, 0.6) is 0 Å². The lowest BCUT2D eigenvalue weighted by molar-refractivity contribution is -0.117. The fourth-order valence-electron chi connectivity index (χ4n) is 0.895. The molecule has 5 N–H and O–H groups in total. The predicted molar refractivity (Wildman–Crippen MR) is 57.1 cm³/mol. The van der Waals surface area contributed by atoms with Crippen LogP contribution in [0.15, 0.2) is 24.3 Å². The summed E-state index contributed by atoms with van der Waals surface area (Å²) in [6.45, 7) is 0.107. The van der Waals surface area contributed by atoms with Crippen LogP contribution in [0.1, 0.15) is 0 Å². The molecule has 76 valence electrons. The number of carbonyl (C=O) groups is 1. The lowest BCUT2D eigenvalue weighted by atomic mass is 10.2. The molecule has 0 saturated heterocycles. The molecule has 0 aromatic heterocycles. The molecule has 0 aliphatic heterocycles. The number of nitrogens with two attached hydrogens (primary N) is 2. The van der Waals surface area contributed by atoms with Crippen LogP contribution in [-0.4, -0.2) is 18.5 Å². The van der Waals surface area contributed by atoms with Crippen LogP contribution in [-0.2, 0) is 4.79 Å². The Balaban J connectivity index is 2.70. The van der Waals surface area contributed by atoms with Gasteiger partial charge in [0.05, 0.1) is 16.8 Å². The first-order chi connectivity index (χ1) is 6.65. The van der Waals surface area contributed by atoms with E-state index in [1.165, 1.54) is 0 Å². The third-order valence-electron chi connectivity index (χ3n) is 1.72. The number of hydrogen-bond donors (Lipinski definition) is 3. The van der Waals surface area contributed by atoms with Gasteiger partial charge in [-0.2, -0.15) is 0 Å². The van der Waals surface area contributed by atoms with Gasteiger partial charge in [-0.15, -0.1) is 0 Å². The van der Waals surface area contributed by atoms with E-state index >= 15 is 0 Å². The van der Waals surface area contributed by atoms with Gasteiger partial charge >= 0.3 is 0 Å². The third-order valence-corrected chi connectivity index (χ3v) is 2.05. The number of amides is 1. The smallest absolute Gasteiger partial charge is 0.242 e. The fourth-order valence-corrected chi connectivity index (χ4v) is 1.08. The summed E-state index contributed by atoms with van der Waals surface area (Å²) in [6.07, 6.45) is 0. The Bertz CT molecular complexity index is 330. The zero-order chi connectivity index (χ0) is 10.6. The van der Waals surface area contributed by atoms with Gasteiger partial charge in [0.15, 0.2) is 0 Å². The first-order valence-electron chi connectivity index (χ1n) is 4.16. The summed E-state index contributed by atoms with van der Waals surface area (Å²) in [7, 11) is 0. The van der Waals surface area contributed by atoms with E-state index in [2.05, 4.69) is 5.32 Å². The minimum absolute atomic E-state index is 0.107. The highest BCUT2D eigenvalue weighted by Crippen LogP contribution is 2.20. The molecule has 5 heteroatoms. The van der Waals surface area contributed by atoms with Crippen molar-refractivity contribution in [1.29, 1.82) is 0 Å². The topological polar surface area (TPSA) is 81.1 Å². The Morgan fingerprint density at radius 2 is 2.14 bits per heavy atom. The highest BCUT2D eigenvalue weighted by molar-refractivity contribution is 6.33. The summed E-state index contributed by atoms with van der Waals surface area (Å²) in [4.78, 5) is 11.3. The van der Waals surface area contributed by atoms with Gasteiger partial charge in [0.25, 0.3) is 0 Å². The average molecular weight is 214 g/mol. The van der Waals surface area contributed by atoms with Crippen LogP contribution in [0.3, 0.4) is 0 Å². The van der Waals surface area contributed by atoms with E-state index in [-0.39, 0.29) is 12.5 Å². The average Bonchev–Trinajstić information content (AvgIpc) is 2.20. The Morgan fingerprint density at radius 1 is 1.50 bits per heavy atom. The molecule has 1 unspecified atom stereocenters. The van der Waals surface area contributed by atoms with Crippen molar-refractivity contribution in [3.8, 4) is 0 Å². The third kappa shape index (κ3) is 2.70. The number of para-hydroxylation sites is 1. The van der Waals surface area contributed by atoms with E-state index in [4.69, 9.17) is 23.1 Å². The van der Waals surface area contributed by atoms with Crippen LogP contribution < -0.4 is 16.8 Å². The molecule has 1 atom stereocenters. The number of carbonyl (C=O) groups excluding carboxylic acids is 1. The zero-order valence-corrected chi connectivity index (χ0v) is 8.29. The van der Waals surface area contributed by atoms with Crippen LogP contribution in [0, 0.1) is 0 Å². The van der Waals surface area contributed by atoms with E-state index in [0.717, 1.165) is 0 Å². The Kier molecular flexibility index (Phi) is 3.88. The van der Waals surface area contributed by atoms with Crippen LogP contribution in [0.2, 0.25) is 5.02 Å². The molecule has 0 aliphatic carbocycles. The van der Waals surface area contributed by atoms with Crippen molar-refractivity contribution in [2.24, 2.45) is 11.5 Å². The lowest BCUT2D eigenvalue weighted by Gasteiger charge is -2.10. The monoisotopic (exact) mass is 213 g/mol. The number of nitrogens with one attached hydrogen (secondary N) is 1. The molecule has 0 radical (unpaired) electrons. The van der Waals surface area contributed by atoms with Gasteiger partial charge in [0.2, 0.25) is 5.91 Å². The largest absolute Gasteiger partial charge is 0.328 e.